The molecule has 0 aliphatic carbocycles. The fraction of sp³-hybridized carbons (Fsp3) is 0.250. The summed E-state index contributed by atoms with van der Waals surface area (Å²) in [7, 11) is 0. The van der Waals surface area contributed by atoms with E-state index in [0.29, 0.717) is 12.3 Å². The molecule has 0 saturated heterocycles. The van der Waals surface area contributed by atoms with Gasteiger partial charge in [0.2, 0.25) is 0 Å². The molecule has 0 amide bonds. The summed E-state index contributed by atoms with van der Waals surface area (Å²) in [5, 5.41) is 0. The number of aryl methyl sites for hydroxylation is 1. The molecule has 0 fully saturated rings. The van der Waals surface area contributed by atoms with Gasteiger partial charge >= 0.3 is 0 Å². The molecule has 100 valence electrons. The van der Waals surface area contributed by atoms with Gasteiger partial charge in [-0.2, -0.15) is 11.8 Å². The van der Waals surface area contributed by atoms with Crippen LogP contribution in [0, 0.1) is 12.7 Å². The lowest BCUT2D eigenvalue weighted by Gasteiger charge is -2.07. The molecule has 0 aromatic heterocycles. The molecule has 0 atom stereocenters. The van der Waals surface area contributed by atoms with E-state index >= 15 is 0 Å². The molecule has 0 radical (unpaired) electrons. The Morgan fingerprint density at radius 2 is 1.79 bits per heavy atom. The van der Waals surface area contributed by atoms with Crippen LogP contribution < -0.4 is 5.73 Å². The summed E-state index contributed by atoms with van der Waals surface area (Å²) in [5.41, 5.74) is 9.67. The molecule has 0 bridgehead atoms. The normalized spacial score (nSPS) is 10.7. The zero-order valence-electron chi connectivity index (χ0n) is 11.0. The van der Waals surface area contributed by atoms with Gasteiger partial charge < -0.3 is 5.73 Å². The van der Waals surface area contributed by atoms with E-state index in [-0.39, 0.29) is 5.82 Å². The van der Waals surface area contributed by atoms with Gasteiger partial charge in [0.1, 0.15) is 5.82 Å². The van der Waals surface area contributed by atoms with Gasteiger partial charge in [-0.15, -0.1) is 0 Å². The molecule has 19 heavy (non-hydrogen) atoms. The standard InChI is InChI=1S/C16H18FNS/c1-12-4-2-3-5-14(12)10-19-11-15-7-6-13(9-18)8-16(15)17/h2-8H,9-11,18H2,1H3. The van der Waals surface area contributed by atoms with E-state index in [1.54, 1.807) is 11.8 Å². The topological polar surface area (TPSA) is 26.0 Å². The summed E-state index contributed by atoms with van der Waals surface area (Å²) >= 11 is 1.73. The molecule has 0 aliphatic heterocycles. The van der Waals surface area contributed by atoms with E-state index in [0.717, 1.165) is 16.9 Å². The molecule has 0 unspecified atom stereocenters. The van der Waals surface area contributed by atoms with Crippen molar-refractivity contribution >= 4 is 11.8 Å². The summed E-state index contributed by atoms with van der Waals surface area (Å²) < 4.78 is 13.8. The Bertz CT molecular complexity index is 554. The van der Waals surface area contributed by atoms with E-state index in [9.17, 15) is 4.39 Å². The van der Waals surface area contributed by atoms with E-state index in [1.165, 1.54) is 17.2 Å². The maximum atomic E-state index is 13.8. The first-order valence-electron chi connectivity index (χ1n) is 6.30. The number of rotatable bonds is 5. The zero-order valence-corrected chi connectivity index (χ0v) is 11.8. The first-order chi connectivity index (χ1) is 9.20. The summed E-state index contributed by atoms with van der Waals surface area (Å²) in [6.45, 7) is 2.49. The number of nitrogens with two attached hydrogens (primary N) is 1. The van der Waals surface area contributed by atoms with Crippen molar-refractivity contribution in [2.75, 3.05) is 0 Å². The molecule has 3 heteroatoms. The second-order valence-corrected chi connectivity index (χ2v) is 5.53. The molecule has 0 aliphatic rings. The quantitative estimate of drug-likeness (QED) is 0.891. The Morgan fingerprint density at radius 3 is 2.47 bits per heavy atom. The van der Waals surface area contributed by atoms with Crippen LogP contribution in [0.2, 0.25) is 0 Å². The molecular weight excluding hydrogens is 257 g/mol. The minimum absolute atomic E-state index is 0.153. The number of halogens is 1. The van der Waals surface area contributed by atoms with Crippen LogP contribution >= 0.6 is 11.8 Å². The minimum Gasteiger partial charge on any atom is -0.326 e. The minimum atomic E-state index is -0.153. The highest BCUT2D eigenvalue weighted by Gasteiger charge is 2.04. The van der Waals surface area contributed by atoms with E-state index in [4.69, 9.17) is 5.73 Å². The van der Waals surface area contributed by atoms with Crippen LogP contribution in [-0.2, 0) is 18.1 Å². The second kappa shape index (κ2) is 6.73. The van der Waals surface area contributed by atoms with Crippen molar-refractivity contribution in [3.63, 3.8) is 0 Å². The summed E-state index contributed by atoms with van der Waals surface area (Å²) in [6.07, 6.45) is 0. The van der Waals surface area contributed by atoms with Crippen molar-refractivity contribution in [1.82, 2.24) is 0 Å². The molecule has 0 saturated carbocycles. The number of thioether (sulfide) groups is 1. The lowest BCUT2D eigenvalue weighted by molar-refractivity contribution is 0.615. The largest absolute Gasteiger partial charge is 0.326 e. The number of benzene rings is 2. The average molecular weight is 275 g/mol. The van der Waals surface area contributed by atoms with E-state index in [2.05, 4.69) is 19.1 Å². The Kier molecular flexibility index (Phi) is 5.00. The fourth-order valence-electron chi connectivity index (χ4n) is 1.88. The maximum absolute atomic E-state index is 13.8. The third-order valence-corrected chi connectivity index (χ3v) is 4.16. The smallest absolute Gasteiger partial charge is 0.127 e. The average Bonchev–Trinajstić information content (AvgIpc) is 2.42. The van der Waals surface area contributed by atoms with Gasteiger partial charge in [0.25, 0.3) is 0 Å². The van der Waals surface area contributed by atoms with E-state index < -0.39 is 0 Å². The van der Waals surface area contributed by atoms with Gasteiger partial charge in [0.15, 0.2) is 0 Å². The van der Waals surface area contributed by atoms with Crippen LogP contribution in [0.3, 0.4) is 0 Å². The van der Waals surface area contributed by atoms with Crippen molar-refractivity contribution in [1.29, 1.82) is 0 Å². The van der Waals surface area contributed by atoms with Crippen LogP contribution in [0.5, 0.6) is 0 Å². The lowest BCUT2D eigenvalue weighted by atomic mass is 10.1. The maximum Gasteiger partial charge on any atom is 0.127 e. The zero-order chi connectivity index (χ0) is 13.7. The second-order valence-electron chi connectivity index (χ2n) is 4.55. The highest BCUT2D eigenvalue weighted by molar-refractivity contribution is 7.97. The molecule has 2 N–H and O–H groups in total. The Hall–Kier alpha value is -1.32. The molecule has 2 rings (SSSR count). The van der Waals surface area contributed by atoms with Gasteiger partial charge in [-0.25, -0.2) is 4.39 Å². The van der Waals surface area contributed by atoms with Crippen molar-refractivity contribution in [2.24, 2.45) is 5.73 Å². The van der Waals surface area contributed by atoms with Gasteiger partial charge in [0, 0.05) is 18.1 Å². The molecular formula is C16H18FNS. The predicted octanol–water partition coefficient (Wildman–Crippen LogP) is 4.03. The van der Waals surface area contributed by atoms with Crippen molar-refractivity contribution in [3.8, 4) is 0 Å². The van der Waals surface area contributed by atoms with Crippen LogP contribution in [0.25, 0.3) is 0 Å². The molecule has 2 aromatic rings. The third-order valence-electron chi connectivity index (χ3n) is 3.13. The highest BCUT2D eigenvalue weighted by Crippen LogP contribution is 2.22. The van der Waals surface area contributed by atoms with Crippen molar-refractivity contribution in [2.45, 2.75) is 25.0 Å². The van der Waals surface area contributed by atoms with Gasteiger partial charge in [-0.05, 0) is 35.2 Å². The summed E-state index contributed by atoms with van der Waals surface area (Å²) in [5.74, 6) is 1.44. The molecule has 0 heterocycles. The Balaban J connectivity index is 1.94. The number of hydrogen-bond acceptors (Lipinski definition) is 2. The predicted molar refractivity (Wildman–Crippen MR) is 80.5 cm³/mol. The van der Waals surface area contributed by atoms with Gasteiger partial charge in [-0.3, -0.25) is 0 Å². The van der Waals surface area contributed by atoms with Crippen molar-refractivity contribution in [3.05, 3.63) is 70.5 Å². The SMILES string of the molecule is Cc1ccccc1CSCc1ccc(CN)cc1F. The molecule has 0 spiro atoms. The molecule has 2 aromatic carbocycles. The van der Waals surface area contributed by atoms with Crippen LogP contribution in [0.15, 0.2) is 42.5 Å². The summed E-state index contributed by atoms with van der Waals surface area (Å²) in [4.78, 5) is 0. The first-order valence-corrected chi connectivity index (χ1v) is 7.46. The highest BCUT2D eigenvalue weighted by atomic mass is 32.2. The molecule has 1 nitrogen and oxygen atoms in total. The van der Waals surface area contributed by atoms with Crippen LogP contribution in [-0.4, -0.2) is 0 Å². The fourth-order valence-corrected chi connectivity index (χ4v) is 2.98. The van der Waals surface area contributed by atoms with Gasteiger partial charge in [-0.1, -0.05) is 36.4 Å². The van der Waals surface area contributed by atoms with E-state index in [1.807, 2.05) is 24.3 Å². The lowest BCUT2D eigenvalue weighted by Crippen LogP contribution is -1.98. The monoisotopic (exact) mass is 275 g/mol. The first kappa shape index (κ1) is 14.1. The number of hydrogen-bond donors (Lipinski definition) is 1. The van der Waals surface area contributed by atoms with Gasteiger partial charge in [0.05, 0.1) is 0 Å². The Labute approximate surface area is 118 Å². The Morgan fingerprint density at radius 1 is 1.05 bits per heavy atom. The van der Waals surface area contributed by atoms with Crippen LogP contribution in [0.4, 0.5) is 4.39 Å². The summed E-state index contributed by atoms with van der Waals surface area (Å²) in [6, 6.07) is 13.6. The van der Waals surface area contributed by atoms with Crippen LogP contribution in [0.1, 0.15) is 22.3 Å². The van der Waals surface area contributed by atoms with Crippen molar-refractivity contribution < 1.29 is 4.39 Å². The third kappa shape index (κ3) is 3.82.